The van der Waals surface area contributed by atoms with Crippen LogP contribution in [0.3, 0.4) is 0 Å². The summed E-state index contributed by atoms with van der Waals surface area (Å²) in [6.45, 7) is 10.6. The number of hydrogen-bond donors (Lipinski definition) is 3. The van der Waals surface area contributed by atoms with E-state index in [0.29, 0.717) is 40.2 Å². The number of nitrogens with one attached hydrogen (secondary N) is 3. The molecular weight excluding hydrogens is 544 g/mol. The number of benzene rings is 3. The molecule has 3 amide bonds. The molecule has 4 rings (SSSR count). The molecule has 1 aliphatic rings. The van der Waals surface area contributed by atoms with Crippen molar-refractivity contribution in [2.45, 2.75) is 71.6 Å². The third-order valence-corrected chi connectivity index (χ3v) is 7.71. The van der Waals surface area contributed by atoms with E-state index in [1.54, 1.807) is 61.7 Å². The van der Waals surface area contributed by atoms with Crippen LogP contribution in [0.5, 0.6) is 23.0 Å². The number of carbonyl (C=O) groups is 2. The van der Waals surface area contributed by atoms with Gasteiger partial charge in [-0.15, -0.1) is 0 Å². The van der Waals surface area contributed by atoms with Gasteiger partial charge in [-0.2, -0.15) is 0 Å². The minimum absolute atomic E-state index is 0.144. The Morgan fingerprint density at radius 3 is 2.07 bits per heavy atom. The van der Waals surface area contributed by atoms with E-state index in [2.05, 4.69) is 34.7 Å². The van der Waals surface area contributed by atoms with Crippen molar-refractivity contribution < 1.29 is 23.8 Å². The number of methoxy groups -OCH3 is 1. The number of ether oxygens (including phenoxy) is 3. The Morgan fingerprint density at radius 2 is 1.47 bits per heavy atom. The van der Waals surface area contributed by atoms with Gasteiger partial charge in [-0.25, -0.2) is 4.79 Å². The molecule has 3 aromatic rings. The summed E-state index contributed by atoms with van der Waals surface area (Å²) < 4.78 is 17.7. The molecule has 43 heavy (non-hydrogen) atoms. The standard InChI is InChI=1S/C34H44N4O5/c1-6-25(7-2)36-34(40)37-26-10-15-29(16-11-26)43-31-17-12-27(22-32(31)41-5)35-33(39)24-8-13-28(14-9-24)42-30-18-20-38(21-19-30)23(3)4/h8-17,22-23,25,30H,6-7,18-21H2,1-5H3,(H,35,39)(H2,36,37,40). The molecule has 1 aliphatic heterocycles. The van der Waals surface area contributed by atoms with Gasteiger partial charge in [0.1, 0.15) is 17.6 Å². The predicted molar refractivity (Wildman–Crippen MR) is 171 cm³/mol. The van der Waals surface area contributed by atoms with Crippen molar-refractivity contribution >= 4 is 23.3 Å². The lowest BCUT2D eigenvalue weighted by molar-refractivity contribution is 0.0843. The molecule has 0 bridgehead atoms. The van der Waals surface area contributed by atoms with Crippen LogP contribution in [0.15, 0.2) is 66.7 Å². The maximum Gasteiger partial charge on any atom is 0.319 e. The normalized spacial score (nSPS) is 13.9. The summed E-state index contributed by atoms with van der Waals surface area (Å²) in [4.78, 5) is 27.6. The van der Waals surface area contributed by atoms with E-state index in [-0.39, 0.29) is 24.1 Å². The van der Waals surface area contributed by atoms with Gasteiger partial charge < -0.3 is 35.1 Å². The van der Waals surface area contributed by atoms with E-state index in [0.717, 1.165) is 44.5 Å². The van der Waals surface area contributed by atoms with Crippen LogP contribution in [0, 0.1) is 0 Å². The topological polar surface area (TPSA) is 101 Å². The molecule has 3 N–H and O–H groups in total. The second kappa shape index (κ2) is 15.3. The first kappa shape index (κ1) is 31.7. The number of hydrogen-bond acceptors (Lipinski definition) is 6. The average molecular weight is 589 g/mol. The zero-order valence-corrected chi connectivity index (χ0v) is 25.8. The minimum atomic E-state index is -0.233. The number of amides is 3. The van der Waals surface area contributed by atoms with Crippen LogP contribution >= 0.6 is 0 Å². The van der Waals surface area contributed by atoms with E-state index in [9.17, 15) is 9.59 Å². The second-order valence-electron chi connectivity index (χ2n) is 11.0. The summed E-state index contributed by atoms with van der Waals surface area (Å²) >= 11 is 0. The number of carbonyl (C=O) groups excluding carboxylic acids is 2. The van der Waals surface area contributed by atoms with Gasteiger partial charge in [0.05, 0.1) is 7.11 Å². The molecule has 9 nitrogen and oxygen atoms in total. The quantitative estimate of drug-likeness (QED) is 0.205. The molecule has 230 valence electrons. The third-order valence-electron chi connectivity index (χ3n) is 7.71. The van der Waals surface area contributed by atoms with E-state index in [1.807, 2.05) is 26.0 Å². The van der Waals surface area contributed by atoms with Crippen LogP contribution in [-0.4, -0.2) is 55.2 Å². The molecule has 0 saturated carbocycles. The Balaban J connectivity index is 1.30. The smallest absolute Gasteiger partial charge is 0.319 e. The van der Waals surface area contributed by atoms with Crippen molar-refractivity contribution in [2.75, 3.05) is 30.8 Å². The van der Waals surface area contributed by atoms with Crippen molar-refractivity contribution in [3.63, 3.8) is 0 Å². The zero-order chi connectivity index (χ0) is 30.8. The van der Waals surface area contributed by atoms with Crippen LogP contribution in [0.25, 0.3) is 0 Å². The Hall–Kier alpha value is -4.24. The van der Waals surface area contributed by atoms with Crippen molar-refractivity contribution in [1.29, 1.82) is 0 Å². The van der Waals surface area contributed by atoms with Gasteiger partial charge in [-0.1, -0.05) is 13.8 Å². The van der Waals surface area contributed by atoms with Crippen LogP contribution < -0.4 is 30.2 Å². The van der Waals surface area contributed by atoms with E-state index in [1.165, 1.54) is 0 Å². The predicted octanol–water partition coefficient (Wildman–Crippen LogP) is 7.30. The lowest BCUT2D eigenvalue weighted by Crippen LogP contribution is -2.41. The molecule has 0 radical (unpaired) electrons. The molecule has 3 aromatic carbocycles. The molecule has 0 atom stereocenters. The lowest BCUT2D eigenvalue weighted by atomic mass is 10.1. The molecular formula is C34H44N4O5. The van der Waals surface area contributed by atoms with Gasteiger partial charge >= 0.3 is 6.03 Å². The molecule has 9 heteroatoms. The van der Waals surface area contributed by atoms with E-state index in [4.69, 9.17) is 14.2 Å². The van der Waals surface area contributed by atoms with Gasteiger partial charge in [-0.3, -0.25) is 4.79 Å². The van der Waals surface area contributed by atoms with Crippen molar-refractivity contribution in [3.8, 4) is 23.0 Å². The van der Waals surface area contributed by atoms with Crippen molar-refractivity contribution in [1.82, 2.24) is 10.2 Å². The molecule has 0 spiro atoms. The Bertz CT molecular complexity index is 1330. The van der Waals surface area contributed by atoms with Crippen LogP contribution in [0.2, 0.25) is 0 Å². The Morgan fingerprint density at radius 1 is 0.837 bits per heavy atom. The summed E-state index contributed by atoms with van der Waals surface area (Å²) in [5.41, 5.74) is 1.77. The van der Waals surface area contributed by atoms with Crippen LogP contribution in [0.4, 0.5) is 16.2 Å². The minimum Gasteiger partial charge on any atom is -0.493 e. The van der Waals surface area contributed by atoms with E-state index >= 15 is 0 Å². The highest BCUT2D eigenvalue weighted by Crippen LogP contribution is 2.34. The highest BCUT2D eigenvalue weighted by atomic mass is 16.5. The maximum atomic E-state index is 12.9. The van der Waals surface area contributed by atoms with Gasteiger partial charge in [0.2, 0.25) is 0 Å². The summed E-state index contributed by atoms with van der Waals surface area (Å²) in [5.74, 6) is 2.08. The summed E-state index contributed by atoms with van der Waals surface area (Å²) in [7, 11) is 1.55. The van der Waals surface area contributed by atoms with Gasteiger partial charge in [0.15, 0.2) is 11.5 Å². The fourth-order valence-electron chi connectivity index (χ4n) is 5.00. The molecule has 0 aliphatic carbocycles. The first-order chi connectivity index (χ1) is 20.8. The van der Waals surface area contributed by atoms with Gasteiger partial charge in [0.25, 0.3) is 5.91 Å². The first-order valence-corrected chi connectivity index (χ1v) is 15.1. The third kappa shape index (κ3) is 9.12. The summed E-state index contributed by atoms with van der Waals surface area (Å²) in [6, 6.07) is 20.0. The maximum absolute atomic E-state index is 12.9. The Kier molecular flexibility index (Phi) is 11.3. The number of piperidine rings is 1. The largest absolute Gasteiger partial charge is 0.493 e. The summed E-state index contributed by atoms with van der Waals surface area (Å²) in [6.07, 6.45) is 3.95. The van der Waals surface area contributed by atoms with Crippen LogP contribution in [0.1, 0.15) is 63.7 Å². The number of nitrogens with zero attached hydrogens (tertiary/aromatic N) is 1. The monoisotopic (exact) mass is 588 g/mol. The SMILES string of the molecule is CCC(CC)NC(=O)Nc1ccc(Oc2ccc(NC(=O)c3ccc(OC4CCN(C(C)C)CC4)cc3)cc2OC)cc1. The molecule has 1 fully saturated rings. The zero-order valence-electron chi connectivity index (χ0n) is 25.8. The first-order valence-electron chi connectivity index (χ1n) is 15.1. The van der Waals surface area contributed by atoms with E-state index < -0.39 is 0 Å². The number of rotatable bonds is 12. The lowest BCUT2D eigenvalue weighted by Gasteiger charge is -2.34. The highest BCUT2D eigenvalue weighted by Gasteiger charge is 2.22. The fraction of sp³-hybridized carbons (Fsp3) is 0.412. The number of anilines is 2. The fourth-order valence-corrected chi connectivity index (χ4v) is 5.00. The molecule has 0 aromatic heterocycles. The Labute approximate surface area is 254 Å². The summed E-state index contributed by atoms with van der Waals surface area (Å²) in [5, 5.41) is 8.71. The second-order valence-corrected chi connectivity index (χ2v) is 11.0. The van der Waals surface area contributed by atoms with Gasteiger partial charge in [0, 0.05) is 48.2 Å². The van der Waals surface area contributed by atoms with Crippen LogP contribution in [-0.2, 0) is 0 Å². The van der Waals surface area contributed by atoms with Gasteiger partial charge in [-0.05, 0) is 100 Å². The average Bonchev–Trinajstić information content (AvgIpc) is 3.02. The number of urea groups is 1. The molecule has 0 unspecified atom stereocenters. The van der Waals surface area contributed by atoms with Crippen molar-refractivity contribution in [2.24, 2.45) is 0 Å². The molecule has 1 heterocycles. The molecule has 1 saturated heterocycles. The van der Waals surface area contributed by atoms with Crippen molar-refractivity contribution in [3.05, 3.63) is 72.3 Å². The number of likely N-dealkylation sites (tertiary alicyclic amines) is 1. The highest BCUT2D eigenvalue weighted by molar-refractivity contribution is 6.04.